The lowest BCUT2D eigenvalue weighted by atomic mass is 10.1. The van der Waals surface area contributed by atoms with E-state index in [9.17, 15) is 13.2 Å². The van der Waals surface area contributed by atoms with E-state index in [4.69, 9.17) is 5.11 Å². The number of benzene rings is 1. The summed E-state index contributed by atoms with van der Waals surface area (Å²) in [6.45, 7) is 3.67. The van der Waals surface area contributed by atoms with Gasteiger partial charge in [0, 0.05) is 12.1 Å². The molecule has 0 radical (unpaired) electrons. The molecule has 1 aromatic carbocycles. The van der Waals surface area contributed by atoms with Crippen LogP contribution >= 0.6 is 11.8 Å². The first-order valence-corrected chi connectivity index (χ1v) is 11.2. The van der Waals surface area contributed by atoms with Crippen LogP contribution in [0.2, 0.25) is 0 Å². The van der Waals surface area contributed by atoms with Crippen LogP contribution in [0.3, 0.4) is 0 Å². The number of hydrogen-bond donors (Lipinski definition) is 2. The van der Waals surface area contributed by atoms with Crippen LogP contribution in [0.5, 0.6) is 0 Å². The standard InChI is InChI=1S/C18H26N2O4S2/c1-14-18(2,25-13-19-14)20-26(23,24)16-10-7-9-15(12-16)8-5-3-4-6-11-17(21)22/h7,9-10,12,20H,3-6,8,11,13H2,1-2H3,(H,21,22). The van der Waals surface area contributed by atoms with Gasteiger partial charge in [-0.1, -0.05) is 25.0 Å². The fourth-order valence-electron chi connectivity index (χ4n) is 2.76. The highest BCUT2D eigenvalue weighted by Gasteiger charge is 2.36. The molecule has 144 valence electrons. The van der Waals surface area contributed by atoms with Gasteiger partial charge >= 0.3 is 5.97 Å². The van der Waals surface area contributed by atoms with Gasteiger partial charge in [0.05, 0.1) is 10.8 Å². The van der Waals surface area contributed by atoms with Crippen LogP contribution in [0.25, 0.3) is 0 Å². The van der Waals surface area contributed by atoms with Gasteiger partial charge in [0.15, 0.2) is 0 Å². The number of carboxylic acids is 1. The Morgan fingerprint density at radius 3 is 2.69 bits per heavy atom. The van der Waals surface area contributed by atoms with Crippen LogP contribution < -0.4 is 4.72 Å². The third-order valence-corrected chi connectivity index (χ3v) is 7.40. The number of unbranched alkanes of at least 4 members (excludes halogenated alkanes) is 3. The first kappa shape index (κ1) is 20.9. The summed E-state index contributed by atoms with van der Waals surface area (Å²) < 4.78 is 28.2. The van der Waals surface area contributed by atoms with E-state index in [1.807, 2.05) is 19.9 Å². The van der Waals surface area contributed by atoms with E-state index < -0.39 is 20.9 Å². The van der Waals surface area contributed by atoms with Crippen LogP contribution in [0.1, 0.15) is 51.5 Å². The molecule has 26 heavy (non-hydrogen) atoms. The Bertz CT molecular complexity index is 777. The Morgan fingerprint density at radius 2 is 2.04 bits per heavy atom. The molecule has 2 rings (SSSR count). The average Bonchev–Trinajstić information content (AvgIpc) is 2.89. The predicted molar refractivity (Wildman–Crippen MR) is 105 cm³/mol. The topological polar surface area (TPSA) is 95.8 Å². The molecular weight excluding hydrogens is 372 g/mol. The number of aliphatic carboxylic acids is 1. The second-order valence-electron chi connectivity index (χ2n) is 6.61. The van der Waals surface area contributed by atoms with E-state index in [1.54, 1.807) is 18.2 Å². The maximum Gasteiger partial charge on any atom is 0.303 e. The summed E-state index contributed by atoms with van der Waals surface area (Å²) in [7, 11) is -3.62. The minimum Gasteiger partial charge on any atom is -0.481 e. The number of sulfonamides is 1. The second-order valence-corrected chi connectivity index (χ2v) is 9.66. The van der Waals surface area contributed by atoms with E-state index in [2.05, 4.69) is 9.71 Å². The summed E-state index contributed by atoms with van der Waals surface area (Å²) in [5.74, 6) is -0.197. The Kier molecular flexibility index (Phi) is 7.25. The zero-order chi connectivity index (χ0) is 19.2. The van der Waals surface area contributed by atoms with Crippen molar-refractivity contribution < 1.29 is 18.3 Å². The molecule has 0 saturated carbocycles. The third kappa shape index (κ3) is 5.82. The largest absolute Gasteiger partial charge is 0.481 e. The molecule has 6 nitrogen and oxygen atoms in total. The second kappa shape index (κ2) is 9.01. The maximum absolute atomic E-state index is 12.7. The van der Waals surface area contributed by atoms with Crippen molar-refractivity contribution in [3.63, 3.8) is 0 Å². The number of aliphatic imine (C=N–C) groups is 1. The monoisotopic (exact) mass is 398 g/mol. The molecule has 1 aliphatic heterocycles. The van der Waals surface area contributed by atoms with Crippen molar-refractivity contribution in [2.45, 2.75) is 62.1 Å². The van der Waals surface area contributed by atoms with E-state index >= 15 is 0 Å². The minimum atomic E-state index is -3.62. The summed E-state index contributed by atoms with van der Waals surface area (Å²) in [6.07, 6.45) is 4.40. The average molecular weight is 399 g/mol. The van der Waals surface area contributed by atoms with Gasteiger partial charge in [-0.2, -0.15) is 4.72 Å². The van der Waals surface area contributed by atoms with Crippen molar-refractivity contribution in [3.05, 3.63) is 29.8 Å². The summed E-state index contributed by atoms with van der Waals surface area (Å²) in [5, 5.41) is 8.62. The fraction of sp³-hybridized carbons (Fsp3) is 0.556. The molecule has 0 amide bonds. The number of carbonyl (C=O) groups is 1. The molecule has 0 bridgehead atoms. The molecule has 1 aromatic rings. The lowest BCUT2D eigenvalue weighted by Gasteiger charge is -2.24. The molecular formula is C18H26N2O4S2. The summed E-state index contributed by atoms with van der Waals surface area (Å²) in [4.78, 5) is 14.3. The van der Waals surface area contributed by atoms with Crippen LogP contribution in [0.15, 0.2) is 34.2 Å². The molecule has 1 unspecified atom stereocenters. The highest BCUT2D eigenvalue weighted by atomic mass is 32.2. The Balaban J connectivity index is 1.93. The molecule has 1 heterocycles. The zero-order valence-corrected chi connectivity index (χ0v) is 16.8. The molecule has 0 spiro atoms. The van der Waals surface area contributed by atoms with E-state index in [1.165, 1.54) is 11.8 Å². The van der Waals surface area contributed by atoms with Crippen molar-refractivity contribution in [1.82, 2.24) is 4.72 Å². The number of hydrogen-bond acceptors (Lipinski definition) is 5. The molecule has 1 atom stereocenters. The van der Waals surface area contributed by atoms with Gasteiger partial charge in [-0.3, -0.25) is 9.79 Å². The zero-order valence-electron chi connectivity index (χ0n) is 15.2. The van der Waals surface area contributed by atoms with Crippen LogP contribution in [0.4, 0.5) is 0 Å². The molecule has 0 saturated heterocycles. The van der Waals surface area contributed by atoms with Gasteiger partial charge in [-0.05, 0) is 50.8 Å². The van der Waals surface area contributed by atoms with Gasteiger partial charge in [-0.25, -0.2) is 8.42 Å². The Labute approximate surface area is 159 Å². The molecule has 2 N–H and O–H groups in total. The summed E-state index contributed by atoms with van der Waals surface area (Å²) in [6, 6.07) is 7.01. The molecule has 1 aliphatic rings. The minimum absolute atomic E-state index is 0.207. The first-order chi connectivity index (χ1) is 12.2. The molecule has 0 aromatic heterocycles. The van der Waals surface area contributed by atoms with Crippen molar-refractivity contribution in [3.8, 4) is 0 Å². The fourth-order valence-corrected chi connectivity index (χ4v) is 5.46. The summed E-state index contributed by atoms with van der Waals surface area (Å²) >= 11 is 1.47. The smallest absolute Gasteiger partial charge is 0.303 e. The quantitative estimate of drug-likeness (QED) is 0.589. The Morgan fingerprint density at radius 1 is 1.31 bits per heavy atom. The predicted octanol–water partition coefficient (Wildman–Crippen LogP) is 3.42. The maximum atomic E-state index is 12.7. The number of rotatable bonds is 10. The van der Waals surface area contributed by atoms with Gasteiger partial charge < -0.3 is 5.11 Å². The number of aryl methyl sites for hydroxylation is 1. The Hall–Kier alpha value is -1.38. The van der Waals surface area contributed by atoms with Crippen molar-refractivity contribution in [2.75, 3.05) is 5.88 Å². The molecule has 0 fully saturated rings. The first-order valence-electron chi connectivity index (χ1n) is 8.73. The van der Waals surface area contributed by atoms with E-state index in [0.717, 1.165) is 37.0 Å². The number of carboxylic acid groups (broad SMARTS) is 1. The van der Waals surface area contributed by atoms with Crippen LogP contribution in [-0.2, 0) is 21.2 Å². The highest BCUT2D eigenvalue weighted by Crippen LogP contribution is 2.31. The van der Waals surface area contributed by atoms with Crippen molar-refractivity contribution in [1.29, 1.82) is 0 Å². The van der Waals surface area contributed by atoms with E-state index in [0.29, 0.717) is 12.3 Å². The van der Waals surface area contributed by atoms with Crippen LogP contribution in [0, 0.1) is 0 Å². The van der Waals surface area contributed by atoms with Crippen molar-refractivity contribution in [2.24, 2.45) is 4.99 Å². The van der Waals surface area contributed by atoms with E-state index in [-0.39, 0.29) is 11.3 Å². The summed E-state index contributed by atoms with van der Waals surface area (Å²) in [5.41, 5.74) is 1.75. The number of nitrogens with zero attached hydrogens (tertiary/aromatic N) is 1. The van der Waals surface area contributed by atoms with Gasteiger partial charge in [0.2, 0.25) is 10.0 Å². The SMILES string of the molecule is CC1=NCSC1(C)NS(=O)(=O)c1cccc(CCCCCCC(=O)O)c1. The normalized spacial score (nSPS) is 20.2. The highest BCUT2D eigenvalue weighted by molar-refractivity contribution is 8.02. The van der Waals surface area contributed by atoms with Crippen molar-refractivity contribution >= 4 is 33.5 Å². The lowest BCUT2D eigenvalue weighted by molar-refractivity contribution is -0.137. The van der Waals surface area contributed by atoms with Crippen LogP contribution in [-0.4, -0.2) is 36.0 Å². The molecule has 8 heteroatoms. The van der Waals surface area contributed by atoms with Gasteiger partial charge in [0.25, 0.3) is 0 Å². The van der Waals surface area contributed by atoms with Gasteiger partial charge in [0.1, 0.15) is 4.87 Å². The third-order valence-electron chi connectivity index (χ3n) is 4.49. The number of nitrogens with one attached hydrogen (secondary N) is 1. The number of thioether (sulfide) groups is 1. The lowest BCUT2D eigenvalue weighted by Crippen LogP contribution is -2.46. The molecule has 0 aliphatic carbocycles. The van der Waals surface area contributed by atoms with Gasteiger partial charge in [-0.15, -0.1) is 11.8 Å².